The monoisotopic (exact) mass is 210 g/mol. The first kappa shape index (κ1) is 11.7. The number of hydrogen-bond acceptors (Lipinski definition) is 5. The molecule has 0 aliphatic rings. The zero-order valence-corrected chi connectivity index (χ0v) is 9.63. The molecule has 0 atom stereocenters. The van der Waals surface area contributed by atoms with Gasteiger partial charge in [0.2, 0.25) is 5.95 Å². The van der Waals surface area contributed by atoms with Gasteiger partial charge in [-0.3, -0.25) is 0 Å². The van der Waals surface area contributed by atoms with Crippen molar-refractivity contribution >= 4 is 11.8 Å². The predicted octanol–water partition coefficient (Wildman–Crippen LogP) is 1.01. The second-order valence-corrected chi connectivity index (χ2v) is 4.14. The van der Waals surface area contributed by atoms with Gasteiger partial charge in [0.05, 0.1) is 12.1 Å². The number of rotatable bonds is 4. The minimum Gasteiger partial charge on any atom is -0.394 e. The van der Waals surface area contributed by atoms with E-state index in [1.165, 1.54) is 0 Å². The molecule has 0 unspecified atom stereocenters. The molecule has 3 N–H and O–H groups in total. The van der Waals surface area contributed by atoms with E-state index in [1.54, 1.807) is 13.2 Å². The van der Waals surface area contributed by atoms with E-state index in [-0.39, 0.29) is 12.1 Å². The summed E-state index contributed by atoms with van der Waals surface area (Å²) < 4.78 is 0. The van der Waals surface area contributed by atoms with E-state index in [2.05, 4.69) is 20.6 Å². The number of anilines is 2. The number of aryl methyl sites for hydroxylation is 1. The number of hydrogen-bond donors (Lipinski definition) is 3. The third kappa shape index (κ3) is 3.06. The van der Waals surface area contributed by atoms with E-state index in [0.717, 1.165) is 11.4 Å². The molecule has 0 saturated carbocycles. The molecular weight excluding hydrogens is 192 g/mol. The quantitative estimate of drug-likeness (QED) is 0.692. The van der Waals surface area contributed by atoms with Crippen LogP contribution >= 0.6 is 0 Å². The van der Waals surface area contributed by atoms with Gasteiger partial charge in [0, 0.05) is 18.8 Å². The van der Waals surface area contributed by atoms with Crippen LogP contribution in [0.2, 0.25) is 0 Å². The van der Waals surface area contributed by atoms with Crippen LogP contribution in [0.3, 0.4) is 0 Å². The van der Waals surface area contributed by atoms with E-state index in [9.17, 15) is 0 Å². The maximum Gasteiger partial charge on any atom is 0.224 e. The lowest BCUT2D eigenvalue weighted by molar-refractivity contribution is 0.234. The maximum atomic E-state index is 9.15. The first-order valence-corrected chi connectivity index (χ1v) is 4.89. The molecule has 0 radical (unpaired) electrons. The van der Waals surface area contributed by atoms with E-state index in [4.69, 9.17) is 5.11 Å². The van der Waals surface area contributed by atoms with Crippen molar-refractivity contribution in [1.29, 1.82) is 0 Å². The molecule has 1 aromatic rings. The van der Waals surface area contributed by atoms with Crippen LogP contribution in [0.25, 0.3) is 0 Å². The molecule has 1 rings (SSSR count). The maximum absolute atomic E-state index is 9.15. The van der Waals surface area contributed by atoms with Gasteiger partial charge in [-0.05, 0) is 20.8 Å². The molecule has 1 heterocycles. The molecule has 0 aromatic carbocycles. The van der Waals surface area contributed by atoms with Crippen LogP contribution in [0, 0.1) is 6.92 Å². The van der Waals surface area contributed by atoms with Crippen LogP contribution in [0.5, 0.6) is 0 Å². The van der Waals surface area contributed by atoms with E-state index < -0.39 is 0 Å². The van der Waals surface area contributed by atoms with Gasteiger partial charge in [0.25, 0.3) is 0 Å². The summed E-state index contributed by atoms with van der Waals surface area (Å²) in [7, 11) is 1.77. The van der Waals surface area contributed by atoms with Gasteiger partial charge in [-0.25, -0.2) is 4.98 Å². The molecule has 0 spiro atoms. The third-order valence-corrected chi connectivity index (χ3v) is 2.05. The third-order valence-electron chi connectivity index (χ3n) is 2.05. The topological polar surface area (TPSA) is 70.1 Å². The second-order valence-electron chi connectivity index (χ2n) is 4.14. The smallest absolute Gasteiger partial charge is 0.224 e. The van der Waals surface area contributed by atoms with Crippen LogP contribution in [0.4, 0.5) is 11.8 Å². The molecule has 0 amide bonds. The van der Waals surface area contributed by atoms with Gasteiger partial charge in [-0.15, -0.1) is 0 Å². The number of aliphatic hydroxyl groups is 1. The summed E-state index contributed by atoms with van der Waals surface area (Å²) in [6.07, 6.45) is 1.74. The number of aliphatic hydroxyl groups excluding tert-OH is 1. The SMILES string of the molecule is CNc1ncc(C)c(NC(C)(C)CO)n1. The molecule has 5 heteroatoms. The molecule has 0 bridgehead atoms. The zero-order chi connectivity index (χ0) is 11.5. The van der Waals surface area contributed by atoms with Gasteiger partial charge in [0.15, 0.2) is 0 Å². The molecule has 0 aliphatic heterocycles. The molecule has 84 valence electrons. The summed E-state index contributed by atoms with van der Waals surface area (Å²) in [5, 5.41) is 15.2. The van der Waals surface area contributed by atoms with Gasteiger partial charge in [0.1, 0.15) is 5.82 Å². The first-order valence-electron chi connectivity index (χ1n) is 4.89. The molecular formula is C10H18N4O. The summed E-state index contributed by atoms with van der Waals surface area (Å²) in [4.78, 5) is 8.37. The first-order chi connectivity index (χ1) is 6.98. The molecule has 0 fully saturated rings. The molecule has 5 nitrogen and oxygen atoms in total. The Labute approximate surface area is 90.0 Å². The van der Waals surface area contributed by atoms with E-state index in [0.29, 0.717) is 5.95 Å². The van der Waals surface area contributed by atoms with E-state index in [1.807, 2.05) is 20.8 Å². The summed E-state index contributed by atoms with van der Waals surface area (Å²) in [5.74, 6) is 1.31. The predicted molar refractivity (Wildman–Crippen MR) is 61.1 cm³/mol. The lowest BCUT2D eigenvalue weighted by Gasteiger charge is -2.25. The summed E-state index contributed by atoms with van der Waals surface area (Å²) >= 11 is 0. The number of nitrogens with one attached hydrogen (secondary N) is 2. The highest BCUT2D eigenvalue weighted by Gasteiger charge is 2.17. The van der Waals surface area contributed by atoms with Crippen molar-refractivity contribution in [2.45, 2.75) is 26.3 Å². The minimum absolute atomic E-state index is 0.0470. The van der Waals surface area contributed by atoms with Crippen LogP contribution in [0.1, 0.15) is 19.4 Å². The van der Waals surface area contributed by atoms with Gasteiger partial charge in [-0.2, -0.15) is 4.98 Å². The molecule has 1 aromatic heterocycles. The summed E-state index contributed by atoms with van der Waals surface area (Å²) in [6, 6.07) is 0. The molecule has 15 heavy (non-hydrogen) atoms. The highest BCUT2D eigenvalue weighted by molar-refractivity contribution is 5.47. The molecule has 0 aliphatic carbocycles. The van der Waals surface area contributed by atoms with Crippen molar-refractivity contribution in [3.8, 4) is 0 Å². The van der Waals surface area contributed by atoms with Crippen LogP contribution in [-0.4, -0.2) is 34.3 Å². The Balaban J connectivity index is 2.93. The van der Waals surface area contributed by atoms with Crippen LogP contribution < -0.4 is 10.6 Å². The van der Waals surface area contributed by atoms with E-state index >= 15 is 0 Å². The number of aromatic nitrogens is 2. The standard InChI is InChI=1S/C10H18N4O/c1-7-5-12-9(11-4)13-8(7)14-10(2,3)6-15/h5,15H,6H2,1-4H3,(H2,11,12,13,14). The fourth-order valence-electron chi connectivity index (χ4n) is 1.05. The minimum atomic E-state index is -0.385. The highest BCUT2D eigenvalue weighted by Crippen LogP contribution is 2.17. The van der Waals surface area contributed by atoms with Gasteiger partial charge < -0.3 is 15.7 Å². The summed E-state index contributed by atoms with van der Waals surface area (Å²) in [5.41, 5.74) is 0.569. The lowest BCUT2D eigenvalue weighted by Crippen LogP contribution is -2.35. The lowest BCUT2D eigenvalue weighted by atomic mass is 10.1. The summed E-state index contributed by atoms with van der Waals surface area (Å²) in [6.45, 7) is 5.79. The molecule has 0 saturated heterocycles. The van der Waals surface area contributed by atoms with Crippen LogP contribution in [0.15, 0.2) is 6.20 Å². The van der Waals surface area contributed by atoms with Crippen molar-refractivity contribution in [2.75, 3.05) is 24.3 Å². The van der Waals surface area contributed by atoms with Crippen LogP contribution in [-0.2, 0) is 0 Å². The Morgan fingerprint density at radius 1 is 1.47 bits per heavy atom. The largest absolute Gasteiger partial charge is 0.394 e. The highest BCUT2D eigenvalue weighted by atomic mass is 16.3. The fraction of sp³-hybridized carbons (Fsp3) is 0.600. The van der Waals surface area contributed by atoms with Gasteiger partial charge >= 0.3 is 0 Å². The number of nitrogens with zero attached hydrogens (tertiary/aromatic N) is 2. The van der Waals surface area contributed by atoms with Gasteiger partial charge in [-0.1, -0.05) is 0 Å². The van der Waals surface area contributed by atoms with Crippen molar-refractivity contribution in [3.05, 3.63) is 11.8 Å². The zero-order valence-electron chi connectivity index (χ0n) is 9.63. The average molecular weight is 210 g/mol. The normalized spacial score (nSPS) is 11.3. The Morgan fingerprint density at radius 2 is 2.13 bits per heavy atom. The Bertz CT molecular complexity index is 338. The Hall–Kier alpha value is -1.36. The Morgan fingerprint density at radius 3 is 2.67 bits per heavy atom. The average Bonchev–Trinajstić information content (AvgIpc) is 2.21. The van der Waals surface area contributed by atoms with Crippen molar-refractivity contribution < 1.29 is 5.11 Å². The second kappa shape index (κ2) is 4.44. The van der Waals surface area contributed by atoms with Crippen molar-refractivity contribution in [1.82, 2.24) is 9.97 Å². The Kier molecular flexibility index (Phi) is 3.47. The van der Waals surface area contributed by atoms with Crippen molar-refractivity contribution in [2.24, 2.45) is 0 Å². The van der Waals surface area contributed by atoms with Crippen molar-refractivity contribution in [3.63, 3.8) is 0 Å². The fourth-order valence-corrected chi connectivity index (χ4v) is 1.05.